The molecule has 1 nitrogen and oxygen atoms in total. The molecule has 1 heteroatoms. The van der Waals surface area contributed by atoms with Crippen molar-refractivity contribution in [2.24, 2.45) is 0 Å². The number of pyridine rings is 1. The van der Waals surface area contributed by atoms with Crippen molar-refractivity contribution < 1.29 is 0 Å². The fourth-order valence-electron chi connectivity index (χ4n) is 6.69. The van der Waals surface area contributed by atoms with Gasteiger partial charge in [-0.25, -0.2) is 4.98 Å². The van der Waals surface area contributed by atoms with Gasteiger partial charge in [-0.15, -0.1) is 0 Å². The van der Waals surface area contributed by atoms with Crippen molar-refractivity contribution in [2.75, 3.05) is 0 Å². The summed E-state index contributed by atoms with van der Waals surface area (Å²) in [5.41, 5.74) is 7.91. The van der Waals surface area contributed by atoms with Gasteiger partial charge in [0.2, 0.25) is 0 Å². The van der Waals surface area contributed by atoms with Gasteiger partial charge >= 0.3 is 0 Å². The van der Waals surface area contributed by atoms with Crippen LogP contribution in [0.1, 0.15) is 11.1 Å². The van der Waals surface area contributed by atoms with Crippen LogP contribution in [-0.2, 0) is 0 Å². The van der Waals surface area contributed by atoms with Crippen LogP contribution < -0.4 is 0 Å². The number of aromatic nitrogens is 1. The average molecular weight is 548 g/mol. The zero-order valence-corrected chi connectivity index (χ0v) is 24.0. The molecule has 0 aliphatic carbocycles. The van der Waals surface area contributed by atoms with Crippen LogP contribution in [0.3, 0.4) is 0 Å². The largest absolute Gasteiger partial charge is 0.247 e. The zero-order chi connectivity index (χ0) is 28.9. The number of aryl methyl sites for hydroxylation is 1. The van der Waals surface area contributed by atoms with Crippen LogP contribution >= 0.6 is 0 Å². The lowest BCUT2D eigenvalue weighted by Crippen LogP contribution is -1.91. The molecule has 7 aromatic carbocycles. The molecular weight excluding hydrogens is 518 g/mol. The van der Waals surface area contributed by atoms with E-state index in [2.05, 4.69) is 147 Å². The highest BCUT2D eigenvalue weighted by Crippen LogP contribution is 2.42. The van der Waals surface area contributed by atoms with E-state index in [1.807, 2.05) is 6.08 Å². The van der Waals surface area contributed by atoms with Crippen LogP contribution in [0, 0.1) is 6.92 Å². The molecule has 43 heavy (non-hydrogen) atoms. The maximum Gasteiger partial charge on any atom is 0.0744 e. The first-order valence-electron chi connectivity index (χ1n) is 14.8. The Kier molecular flexibility index (Phi) is 5.91. The molecule has 0 fully saturated rings. The lowest BCUT2D eigenvalue weighted by molar-refractivity contribution is 1.35. The maximum absolute atomic E-state index is 5.11. The molecule has 0 spiro atoms. The van der Waals surface area contributed by atoms with Crippen molar-refractivity contribution >= 4 is 60.1 Å². The molecule has 0 unspecified atom stereocenters. The molecule has 1 heterocycles. The van der Waals surface area contributed by atoms with Crippen molar-refractivity contribution in [1.82, 2.24) is 4.98 Å². The summed E-state index contributed by atoms with van der Waals surface area (Å²) in [6.45, 7) is 5.95. The highest BCUT2D eigenvalue weighted by atomic mass is 14.7. The number of allylic oxidation sites excluding steroid dienone is 2. The molecule has 0 bridgehead atoms. The minimum absolute atomic E-state index is 0.979. The summed E-state index contributed by atoms with van der Waals surface area (Å²) in [5, 5.41) is 11.5. The van der Waals surface area contributed by atoms with E-state index in [0.717, 1.165) is 27.7 Å². The van der Waals surface area contributed by atoms with Crippen molar-refractivity contribution in [3.8, 4) is 22.4 Å². The molecule has 0 atom stereocenters. The molecule has 0 saturated heterocycles. The van der Waals surface area contributed by atoms with Crippen molar-refractivity contribution in [2.45, 2.75) is 6.92 Å². The van der Waals surface area contributed by atoms with E-state index < -0.39 is 0 Å². The fraction of sp³-hybridized carbons (Fsp3) is 0.0238. The molecule has 1 aromatic heterocycles. The first-order valence-corrected chi connectivity index (χ1v) is 14.8. The van der Waals surface area contributed by atoms with Gasteiger partial charge < -0.3 is 0 Å². The Labute approximate surface area is 251 Å². The molecule has 8 rings (SSSR count). The lowest BCUT2D eigenvalue weighted by atomic mass is 9.87. The Hall–Kier alpha value is -5.53. The van der Waals surface area contributed by atoms with Crippen LogP contribution in [0.25, 0.3) is 82.5 Å². The number of hydrogen-bond donors (Lipinski definition) is 0. The fourth-order valence-corrected chi connectivity index (χ4v) is 6.69. The summed E-state index contributed by atoms with van der Waals surface area (Å²) in [6.07, 6.45) is 5.86. The molecule has 0 amide bonds. The third kappa shape index (κ3) is 4.05. The minimum atomic E-state index is 0.979. The molecule has 0 aliphatic rings. The first-order chi connectivity index (χ1) is 21.2. The molecule has 202 valence electrons. The van der Waals surface area contributed by atoms with Gasteiger partial charge in [-0.2, -0.15) is 0 Å². The highest BCUT2D eigenvalue weighted by molar-refractivity contribution is 6.33. The lowest BCUT2D eigenvalue weighted by Gasteiger charge is -2.16. The van der Waals surface area contributed by atoms with Crippen molar-refractivity contribution in [1.29, 1.82) is 0 Å². The summed E-state index contributed by atoms with van der Waals surface area (Å²) in [5.74, 6) is 0. The van der Waals surface area contributed by atoms with Gasteiger partial charge in [0, 0.05) is 10.9 Å². The first kappa shape index (κ1) is 25.2. The summed E-state index contributed by atoms with van der Waals surface area (Å²) in [7, 11) is 0. The van der Waals surface area contributed by atoms with Crippen LogP contribution in [-0.4, -0.2) is 4.98 Å². The van der Waals surface area contributed by atoms with Gasteiger partial charge in [-0.1, -0.05) is 140 Å². The third-order valence-corrected chi connectivity index (χ3v) is 8.81. The smallest absolute Gasteiger partial charge is 0.0744 e. The monoisotopic (exact) mass is 547 g/mol. The predicted octanol–water partition coefficient (Wildman–Crippen LogP) is 11.7. The number of nitrogens with zero attached hydrogens (tertiary/aromatic N) is 1. The summed E-state index contributed by atoms with van der Waals surface area (Å²) in [6, 6.07) is 46.3. The number of hydrogen-bond acceptors (Lipinski definition) is 1. The van der Waals surface area contributed by atoms with Gasteiger partial charge in [0.25, 0.3) is 0 Å². The predicted molar refractivity (Wildman–Crippen MR) is 187 cm³/mol. The number of rotatable bonds is 4. The third-order valence-electron chi connectivity index (χ3n) is 8.81. The van der Waals surface area contributed by atoms with E-state index in [-0.39, 0.29) is 0 Å². The van der Waals surface area contributed by atoms with E-state index in [4.69, 9.17) is 4.98 Å². The van der Waals surface area contributed by atoms with Crippen LogP contribution in [0.2, 0.25) is 0 Å². The Morgan fingerprint density at radius 1 is 0.558 bits per heavy atom. The molecule has 0 radical (unpaired) electrons. The standard InChI is InChI=1S/C42H29N/c1-3-4-11-28-18-23-31-24-25-40(43-42(31)27(28)2)30-21-19-29(20-22-30)38-26-39-34-14-6-5-12-32(34)33-13-7-9-16-36(33)41(39)37-17-10-8-15-35(37)38/h3-26H,1H2,2H3/b11-4-. The summed E-state index contributed by atoms with van der Waals surface area (Å²) >= 11 is 0. The van der Waals surface area contributed by atoms with Crippen LogP contribution in [0.4, 0.5) is 0 Å². The molecule has 0 N–H and O–H groups in total. The van der Waals surface area contributed by atoms with Gasteiger partial charge in [-0.3, -0.25) is 0 Å². The molecular formula is C42H29N. The Morgan fingerprint density at radius 2 is 1.12 bits per heavy atom. The molecule has 0 aliphatic heterocycles. The second-order valence-electron chi connectivity index (χ2n) is 11.2. The number of fused-ring (bicyclic) bond motifs is 9. The average Bonchev–Trinajstić information content (AvgIpc) is 3.07. The van der Waals surface area contributed by atoms with Crippen LogP contribution in [0.5, 0.6) is 0 Å². The normalized spacial score (nSPS) is 11.8. The van der Waals surface area contributed by atoms with Crippen molar-refractivity contribution in [3.63, 3.8) is 0 Å². The van der Waals surface area contributed by atoms with Gasteiger partial charge in [-0.05, 0) is 84.4 Å². The van der Waals surface area contributed by atoms with Gasteiger partial charge in [0.15, 0.2) is 0 Å². The van der Waals surface area contributed by atoms with E-state index >= 15 is 0 Å². The zero-order valence-electron chi connectivity index (χ0n) is 24.0. The van der Waals surface area contributed by atoms with E-state index in [0.29, 0.717) is 0 Å². The Balaban J connectivity index is 1.31. The topological polar surface area (TPSA) is 12.9 Å². The number of benzene rings is 7. The maximum atomic E-state index is 5.11. The Bertz CT molecular complexity index is 2410. The van der Waals surface area contributed by atoms with E-state index in [9.17, 15) is 0 Å². The minimum Gasteiger partial charge on any atom is -0.247 e. The second kappa shape index (κ2) is 10.1. The second-order valence-corrected chi connectivity index (χ2v) is 11.2. The Morgan fingerprint density at radius 3 is 1.81 bits per heavy atom. The quantitative estimate of drug-likeness (QED) is 0.158. The highest BCUT2D eigenvalue weighted by Gasteiger charge is 2.15. The van der Waals surface area contributed by atoms with E-state index in [1.54, 1.807) is 6.08 Å². The molecule has 0 saturated carbocycles. The SMILES string of the molecule is C=C/C=C\c1ccc2ccc(-c3ccc(-c4cc5c6ccccc6c6ccccc6c5c5ccccc45)cc3)nc2c1C. The molecule has 8 aromatic rings. The van der Waals surface area contributed by atoms with Gasteiger partial charge in [0.1, 0.15) is 0 Å². The van der Waals surface area contributed by atoms with E-state index in [1.165, 1.54) is 59.8 Å². The summed E-state index contributed by atoms with van der Waals surface area (Å²) in [4.78, 5) is 5.11. The van der Waals surface area contributed by atoms with Gasteiger partial charge in [0.05, 0.1) is 11.2 Å². The van der Waals surface area contributed by atoms with Crippen LogP contribution in [0.15, 0.2) is 146 Å². The summed E-state index contributed by atoms with van der Waals surface area (Å²) < 4.78 is 0. The van der Waals surface area contributed by atoms with Crippen molar-refractivity contribution in [3.05, 3.63) is 157 Å².